The number of nitrogens with two attached hydrogens (primary N) is 1. The van der Waals surface area contributed by atoms with Crippen LogP contribution in [0.3, 0.4) is 0 Å². The van der Waals surface area contributed by atoms with Gasteiger partial charge in [0, 0.05) is 6.20 Å². The first-order chi connectivity index (χ1) is 8.58. The van der Waals surface area contributed by atoms with Crippen LogP contribution in [0.2, 0.25) is 0 Å². The maximum atomic E-state index is 11.6. The fraction of sp³-hybridized carbons (Fsp3) is 0.500. The Balaban J connectivity index is 2.39. The van der Waals surface area contributed by atoms with E-state index in [1.54, 1.807) is 0 Å². The quantitative estimate of drug-likeness (QED) is 0.566. The number of nitrogens with zero attached hydrogens (tertiary/aromatic N) is 3. The minimum Gasteiger partial charge on any atom is -0.394 e. The van der Waals surface area contributed by atoms with Crippen molar-refractivity contribution in [1.82, 2.24) is 9.55 Å². The number of aromatic nitrogens is 2. The van der Waals surface area contributed by atoms with Gasteiger partial charge in [-0.05, 0) is 6.07 Å². The van der Waals surface area contributed by atoms with E-state index in [4.69, 9.17) is 20.8 Å². The predicted octanol–water partition coefficient (Wildman–Crippen LogP) is -1.78. The second kappa shape index (κ2) is 4.73. The Morgan fingerprint density at radius 1 is 1.67 bits per heavy atom. The molecule has 18 heavy (non-hydrogen) atoms. The molecular weight excluding hydrogens is 240 g/mol. The second-order valence-electron chi connectivity index (χ2n) is 3.94. The van der Waals surface area contributed by atoms with E-state index in [9.17, 15) is 9.90 Å². The highest BCUT2D eigenvalue weighted by molar-refractivity contribution is 5.23. The molecule has 2 heterocycles. The predicted molar refractivity (Wildman–Crippen MR) is 59.0 cm³/mol. The van der Waals surface area contributed by atoms with Crippen molar-refractivity contribution < 1.29 is 14.9 Å². The van der Waals surface area contributed by atoms with Crippen molar-refractivity contribution in [1.29, 1.82) is 5.26 Å². The van der Waals surface area contributed by atoms with Crippen LogP contribution in [0.15, 0.2) is 17.1 Å². The van der Waals surface area contributed by atoms with Crippen LogP contribution in [0.1, 0.15) is 6.23 Å². The molecule has 1 aromatic heterocycles. The number of ether oxygens (including phenoxy) is 1. The number of anilines is 1. The average molecular weight is 252 g/mol. The molecule has 96 valence electrons. The van der Waals surface area contributed by atoms with Crippen LogP contribution < -0.4 is 11.4 Å². The van der Waals surface area contributed by atoms with Gasteiger partial charge in [-0.25, -0.2) is 4.79 Å². The molecule has 0 saturated carbocycles. The monoisotopic (exact) mass is 252 g/mol. The van der Waals surface area contributed by atoms with Crippen LogP contribution in [-0.4, -0.2) is 38.6 Å². The first kappa shape index (κ1) is 12.5. The maximum Gasteiger partial charge on any atom is 0.351 e. The van der Waals surface area contributed by atoms with Gasteiger partial charge in [0.25, 0.3) is 0 Å². The number of hydrogen-bond acceptors (Lipinski definition) is 7. The molecule has 0 unspecified atom stereocenters. The first-order valence-electron chi connectivity index (χ1n) is 5.27. The van der Waals surface area contributed by atoms with Crippen LogP contribution in [-0.2, 0) is 4.74 Å². The summed E-state index contributed by atoms with van der Waals surface area (Å²) in [5.41, 5.74) is 4.68. The van der Waals surface area contributed by atoms with Crippen LogP contribution in [0.25, 0.3) is 0 Å². The lowest BCUT2D eigenvalue weighted by Gasteiger charge is -2.16. The number of rotatable bonds is 2. The zero-order valence-electron chi connectivity index (χ0n) is 9.30. The third kappa shape index (κ3) is 1.95. The Morgan fingerprint density at radius 2 is 2.39 bits per heavy atom. The first-order valence-corrected chi connectivity index (χ1v) is 5.27. The smallest absolute Gasteiger partial charge is 0.351 e. The number of hydrogen-bond donors (Lipinski definition) is 3. The van der Waals surface area contributed by atoms with E-state index < -0.39 is 36.7 Å². The molecule has 0 aromatic carbocycles. The van der Waals surface area contributed by atoms with Gasteiger partial charge < -0.3 is 20.7 Å². The number of nitrogen functional groups attached to an aromatic ring is 1. The Morgan fingerprint density at radius 3 is 2.94 bits per heavy atom. The third-order valence-electron chi connectivity index (χ3n) is 2.82. The largest absolute Gasteiger partial charge is 0.394 e. The van der Waals surface area contributed by atoms with Gasteiger partial charge in [0.1, 0.15) is 23.9 Å². The summed E-state index contributed by atoms with van der Waals surface area (Å²) in [6, 6.07) is 3.25. The second-order valence-corrected chi connectivity index (χ2v) is 3.94. The number of nitriles is 1. The summed E-state index contributed by atoms with van der Waals surface area (Å²) in [4.78, 5) is 15.1. The highest BCUT2D eigenvalue weighted by Crippen LogP contribution is 2.33. The van der Waals surface area contributed by atoms with Crippen molar-refractivity contribution in [2.45, 2.75) is 18.4 Å². The van der Waals surface area contributed by atoms with Crippen molar-refractivity contribution in [3.63, 3.8) is 0 Å². The van der Waals surface area contributed by atoms with Gasteiger partial charge in [-0.15, -0.1) is 0 Å². The molecule has 0 radical (unpaired) electrons. The molecule has 0 amide bonds. The fourth-order valence-electron chi connectivity index (χ4n) is 1.89. The van der Waals surface area contributed by atoms with Crippen molar-refractivity contribution >= 4 is 5.82 Å². The van der Waals surface area contributed by atoms with Crippen LogP contribution in [0.5, 0.6) is 0 Å². The van der Waals surface area contributed by atoms with Crippen molar-refractivity contribution in [2.75, 3.05) is 12.3 Å². The molecule has 8 heteroatoms. The molecule has 1 fully saturated rings. The molecule has 1 saturated heterocycles. The van der Waals surface area contributed by atoms with E-state index in [0.717, 1.165) is 4.57 Å². The van der Waals surface area contributed by atoms with Crippen LogP contribution in [0, 0.1) is 17.2 Å². The molecule has 2 rings (SSSR count). The molecule has 4 atom stereocenters. The van der Waals surface area contributed by atoms with Gasteiger partial charge in [0.2, 0.25) is 0 Å². The molecule has 1 aromatic rings. The SMILES string of the molecule is N#C[C@@H]1[C@@H](O)[C@@H](CO)O[C@H]1n1ccc(N)nc1=O. The molecule has 0 spiro atoms. The molecule has 4 N–H and O–H groups in total. The van der Waals surface area contributed by atoms with Crippen LogP contribution in [0.4, 0.5) is 5.82 Å². The van der Waals surface area contributed by atoms with E-state index in [-0.39, 0.29) is 5.82 Å². The highest BCUT2D eigenvalue weighted by Gasteiger charge is 2.45. The van der Waals surface area contributed by atoms with Gasteiger partial charge in [-0.2, -0.15) is 10.2 Å². The standard InChI is InChI=1S/C10H12N4O4/c11-3-5-8(16)6(4-15)18-9(5)14-2-1-7(12)13-10(14)17/h1-2,5-6,8-9,15-16H,4H2,(H2,12,13,17)/t5-,6-,8-,9-/m1/s1. The van der Waals surface area contributed by atoms with E-state index in [1.165, 1.54) is 12.3 Å². The summed E-state index contributed by atoms with van der Waals surface area (Å²) in [6.07, 6.45) is -1.70. The summed E-state index contributed by atoms with van der Waals surface area (Å²) in [5, 5.41) is 27.8. The van der Waals surface area contributed by atoms with E-state index in [2.05, 4.69) is 4.98 Å². The lowest BCUT2D eigenvalue weighted by molar-refractivity contribution is -0.0469. The summed E-state index contributed by atoms with van der Waals surface area (Å²) in [5.74, 6) is -0.896. The summed E-state index contributed by atoms with van der Waals surface area (Å²) < 4.78 is 6.37. The van der Waals surface area contributed by atoms with E-state index in [1.807, 2.05) is 6.07 Å². The average Bonchev–Trinajstić information content (AvgIpc) is 2.65. The lowest BCUT2D eigenvalue weighted by Crippen LogP contribution is -2.31. The Bertz CT molecular complexity index is 537. The van der Waals surface area contributed by atoms with Gasteiger partial charge in [-0.1, -0.05) is 0 Å². The molecule has 0 bridgehead atoms. The topological polar surface area (TPSA) is 134 Å². The number of aliphatic hydroxyl groups excluding tert-OH is 2. The van der Waals surface area contributed by atoms with Gasteiger partial charge in [0.05, 0.1) is 12.7 Å². The van der Waals surface area contributed by atoms with Gasteiger partial charge in [-0.3, -0.25) is 4.57 Å². The van der Waals surface area contributed by atoms with Crippen molar-refractivity contribution in [2.24, 2.45) is 5.92 Å². The fourth-order valence-corrected chi connectivity index (χ4v) is 1.89. The molecule has 1 aliphatic rings. The maximum absolute atomic E-state index is 11.6. The summed E-state index contributed by atoms with van der Waals surface area (Å²) in [7, 11) is 0. The molecule has 8 nitrogen and oxygen atoms in total. The van der Waals surface area contributed by atoms with Gasteiger partial charge in [0.15, 0.2) is 6.23 Å². The Hall–Kier alpha value is -1.95. The zero-order chi connectivity index (χ0) is 13.3. The molecular formula is C10H12N4O4. The Kier molecular flexibility index (Phi) is 3.29. The minimum absolute atomic E-state index is 0.0574. The highest BCUT2D eigenvalue weighted by atomic mass is 16.5. The van der Waals surface area contributed by atoms with Crippen molar-refractivity contribution in [3.05, 3.63) is 22.7 Å². The number of aliphatic hydroxyl groups is 2. The minimum atomic E-state index is -1.16. The lowest BCUT2D eigenvalue weighted by atomic mass is 10.0. The third-order valence-corrected chi connectivity index (χ3v) is 2.82. The van der Waals surface area contributed by atoms with Crippen LogP contribution >= 0.6 is 0 Å². The van der Waals surface area contributed by atoms with Gasteiger partial charge >= 0.3 is 5.69 Å². The normalized spacial score (nSPS) is 31.2. The summed E-state index contributed by atoms with van der Waals surface area (Å²) >= 11 is 0. The summed E-state index contributed by atoms with van der Waals surface area (Å²) in [6.45, 7) is -0.438. The van der Waals surface area contributed by atoms with E-state index in [0.29, 0.717) is 0 Å². The zero-order valence-corrected chi connectivity index (χ0v) is 9.30. The molecule has 0 aliphatic carbocycles. The van der Waals surface area contributed by atoms with Crippen molar-refractivity contribution in [3.8, 4) is 6.07 Å². The van der Waals surface area contributed by atoms with E-state index >= 15 is 0 Å². The molecule has 1 aliphatic heterocycles. The Labute approximate surface area is 102 Å².